The van der Waals surface area contributed by atoms with Gasteiger partial charge in [0, 0.05) is 12.1 Å². The second-order valence-electron chi connectivity index (χ2n) is 4.69. The van der Waals surface area contributed by atoms with Gasteiger partial charge in [0.2, 0.25) is 0 Å². The smallest absolute Gasteiger partial charge is 0.290 e. The molecule has 1 aromatic heterocycles. The van der Waals surface area contributed by atoms with E-state index in [4.69, 9.17) is 0 Å². The van der Waals surface area contributed by atoms with Crippen LogP contribution in [0.4, 0.5) is 11.5 Å². The lowest BCUT2D eigenvalue weighted by Gasteiger charge is -2.10. The van der Waals surface area contributed by atoms with Gasteiger partial charge in [0.15, 0.2) is 0 Å². The molecular formula is C12H18N4O2. The van der Waals surface area contributed by atoms with Gasteiger partial charge in [-0.1, -0.05) is 0 Å². The number of aryl methyl sites for hydroxylation is 1. The summed E-state index contributed by atoms with van der Waals surface area (Å²) in [5.74, 6) is 1.45. The lowest BCUT2D eigenvalue weighted by Crippen LogP contribution is -2.13. The third kappa shape index (κ3) is 3.16. The van der Waals surface area contributed by atoms with Crippen LogP contribution in [0.5, 0.6) is 0 Å². The van der Waals surface area contributed by atoms with Gasteiger partial charge in [-0.2, -0.15) is 0 Å². The number of aromatic nitrogens is 1. The van der Waals surface area contributed by atoms with E-state index in [1.165, 1.54) is 12.6 Å². The van der Waals surface area contributed by atoms with Crippen LogP contribution in [-0.4, -0.2) is 29.5 Å². The predicted molar refractivity (Wildman–Crippen MR) is 69.7 cm³/mol. The van der Waals surface area contributed by atoms with Gasteiger partial charge >= 0.3 is 0 Å². The first-order valence-corrected chi connectivity index (χ1v) is 6.22. The van der Waals surface area contributed by atoms with Crippen LogP contribution in [0, 0.1) is 23.0 Å². The zero-order chi connectivity index (χ0) is 13.0. The highest BCUT2D eigenvalue weighted by atomic mass is 16.6. The summed E-state index contributed by atoms with van der Waals surface area (Å²) in [6.07, 6.45) is 3.65. The van der Waals surface area contributed by atoms with Crippen LogP contribution in [0.2, 0.25) is 0 Å². The Morgan fingerprint density at radius 3 is 3.11 bits per heavy atom. The number of pyridine rings is 1. The molecule has 0 aliphatic carbocycles. The van der Waals surface area contributed by atoms with Crippen molar-refractivity contribution in [3.8, 4) is 0 Å². The number of nitrogens with one attached hydrogen (secondary N) is 2. The van der Waals surface area contributed by atoms with E-state index in [0.29, 0.717) is 11.4 Å². The van der Waals surface area contributed by atoms with Gasteiger partial charge in [-0.15, -0.1) is 0 Å². The van der Waals surface area contributed by atoms with Gasteiger partial charge in [-0.05, 0) is 44.8 Å². The maximum absolute atomic E-state index is 10.7. The fourth-order valence-electron chi connectivity index (χ4n) is 2.20. The van der Waals surface area contributed by atoms with E-state index >= 15 is 0 Å². The minimum atomic E-state index is -0.406. The topological polar surface area (TPSA) is 80.1 Å². The maximum atomic E-state index is 10.7. The van der Waals surface area contributed by atoms with Gasteiger partial charge in [0.05, 0.1) is 4.92 Å². The third-order valence-corrected chi connectivity index (χ3v) is 3.30. The van der Waals surface area contributed by atoms with Crippen molar-refractivity contribution in [3.63, 3.8) is 0 Å². The second-order valence-corrected chi connectivity index (χ2v) is 4.69. The molecule has 1 unspecified atom stereocenters. The molecule has 0 amide bonds. The third-order valence-electron chi connectivity index (χ3n) is 3.30. The number of nitrogens with zero attached hydrogens (tertiary/aromatic N) is 2. The molecule has 1 atom stereocenters. The molecule has 98 valence electrons. The molecule has 6 nitrogen and oxygen atoms in total. The Bertz CT molecular complexity index is 430. The first-order valence-electron chi connectivity index (χ1n) is 6.22. The van der Waals surface area contributed by atoms with Gasteiger partial charge in [-0.25, -0.2) is 4.98 Å². The van der Waals surface area contributed by atoms with E-state index in [9.17, 15) is 10.1 Å². The molecule has 6 heteroatoms. The summed E-state index contributed by atoms with van der Waals surface area (Å²) >= 11 is 0. The summed E-state index contributed by atoms with van der Waals surface area (Å²) in [4.78, 5) is 14.3. The van der Waals surface area contributed by atoms with Crippen LogP contribution < -0.4 is 10.6 Å². The van der Waals surface area contributed by atoms with Crippen LogP contribution in [0.25, 0.3) is 0 Å². The monoisotopic (exact) mass is 250 g/mol. The van der Waals surface area contributed by atoms with Crippen LogP contribution in [0.1, 0.15) is 18.4 Å². The highest BCUT2D eigenvalue weighted by Gasteiger charge is 2.14. The first-order chi connectivity index (χ1) is 8.66. The molecule has 0 bridgehead atoms. The molecule has 0 radical (unpaired) electrons. The van der Waals surface area contributed by atoms with Crippen molar-refractivity contribution in [2.24, 2.45) is 5.92 Å². The maximum Gasteiger partial charge on any atom is 0.290 e. The van der Waals surface area contributed by atoms with Gasteiger partial charge < -0.3 is 10.6 Å². The molecule has 0 aromatic carbocycles. The fraction of sp³-hybridized carbons (Fsp3) is 0.583. The lowest BCUT2D eigenvalue weighted by atomic mass is 10.1. The lowest BCUT2D eigenvalue weighted by molar-refractivity contribution is -0.385. The fourth-order valence-corrected chi connectivity index (χ4v) is 2.20. The average molecular weight is 250 g/mol. The van der Waals surface area contributed by atoms with E-state index in [-0.39, 0.29) is 5.69 Å². The van der Waals surface area contributed by atoms with Crippen molar-refractivity contribution in [2.75, 3.05) is 25.0 Å². The Labute approximate surface area is 106 Å². The van der Waals surface area contributed by atoms with E-state index in [2.05, 4.69) is 15.6 Å². The number of rotatable bonds is 5. The van der Waals surface area contributed by atoms with Crippen LogP contribution >= 0.6 is 0 Å². The van der Waals surface area contributed by atoms with Crippen molar-refractivity contribution >= 4 is 11.5 Å². The van der Waals surface area contributed by atoms with E-state index < -0.39 is 4.92 Å². The molecule has 0 saturated carbocycles. The molecule has 1 fully saturated rings. The normalized spacial score (nSPS) is 18.8. The van der Waals surface area contributed by atoms with Gasteiger partial charge in [0.25, 0.3) is 5.69 Å². The summed E-state index contributed by atoms with van der Waals surface area (Å²) in [5.41, 5.74) is 0.709. The highest BCUT2D eigenvalue weighted by molar-refractivity contribution is 5.46. The molecule has 18 heavy (non-hydrogen) atoms. The second kappa shape index (κ2) is 5.77. The molecule has 2 heterocycles. The summed E-state index contributed by atoms with van der Waals surface area (Å²) < 4.78 is 0. The molecule has 1 aliphatic rings. The quantitative estimate of drug-likeness (QED) is 0.614. The van der Waals surface area contributed by atoms with Crippen molar-refractivity contribution in [3.05, 3.63) is 27.9 Å². The molecule has 1 aliphatic heterocycles. The van der Waals surface area contributed by atoms with E-state index in [1.54, 1.807) is 13.0 Å². The van der Waals surface area contributed by atoms with Crippen molar-refractivity contribution < 1.29 is 4.92 Å². The predicted octanol–water partition coefficient (Wildman–Crippen LogP) is 1.71. The van der Waals surface area contributed by atoms with Crippen molar-refractivity contribution in [2.45, 2.75) is 19.8 Å². The number of hydrogen-bond acceptors (Lipinski definition) is 5. The van der Waals surface area contributed by atoms with Crippen LogP contribution in [0.15, 0.2) is 12.3 Å². The minimum Gasteiger partial charge on any atom is -0.370 e. The molecule has 1 saturated heterocycles. The average Bonchev–Trinajstić information content (AvgIpc) is 2.81. The molecule has 2 rings (SSSR count). The minimum absolute atomic E-state index is 0.0699. The Hall–Kier alpha value is -1.69. The zero-order valence-electron chi connectivity index (χ0n) is 10.5. The largest absolute Gasteiger partial charge is 0.370 e. The molecular weight excluding hydrogens is 232 g/mol. The molecule has 2 N–H and O–H groups in total. The van der Waals surface area contributed by atoms with E-state index in [1.807, 2.05) is 0 Å². The Morgan fingerprint density at radius 2 is 2.50 bits per heavy atom. The Balaban J connectivity index is 1.85. The standard InChI is InChI=1S/C12H18N4O2/c1-9-6-12(15-8-11(9)16(17)18)14-5-3-10-2-4-13-7-10/h6,8,10,13H,2-5,7H2,1H3,(H,14,15). The van der Waals surface area contributed by atoms with Crippen LogP contribution in [0.3, 0.4) is 0 Å². The highest BCUT2D eigenvalue weighted by Crippen LogP contribution is 2.19. The first kappa shape index (κ1) is 12.8. The molecule has 1 aromatic rings. The van der Waals surface area contributed by atoms with E-state index in [0.717, 1.165) is 32.0 Å². The molecule has 0 spiro atoms. The number of nitro groups is 1. The Kier molecular flexibility index (Phi) is 4.09. The zero-order valence-corrected chi connectivity index (χ0v) is 10.5. The van der Waals surface area contributed by atoms with Gasteiger partial charge in [0.1, 0.15) is 12.0 Å². The SMILES string of the molecule is Cc1cc(NCCC2CCNC2)ncc1[N+](=O)[O-]. The van der Waals surface area contributed by atoms with Crippen molar-refractivity contribution in [1.29, 1.82) is 0 Å². The summed E-state index contributed by atoms with van der Waals surface area (Å²) in [6.45, 7) is 4.79. The van der Waals surface area contributed by atoms with Gasteiger partial charge in [-0.3, -0.25) is 10.1 Å². The summed E-state index contributed by atoms with van der Waals surface area (Å²) in [6, 6.07) is 1.73. The van der Waals surface area contributed by atoms with Crippen LogP contribution in [-0.2, 0) is 0 Å². The number of anilines is 1. The summed E-state index contributed by atoms with van der Waals surface area (Å²) in [5, 5.41) is 17.2. The summed E-state index contributed by atoms with van der Waals surface area (Å²) in [7, 11) is 0. The number of hydrogen-bond donors (Lipinski definition) is 2. The van der Waals surface area contributed by atoms with Crippen molar-refractivity contribution in [1.82, 2.24) is 10.3 Å². The Morgan fingerprint density at radius 1 is 1.67 bits per heavy atom.